The molecule has 0 radical (unpaired) electrons. The van der Waals surface area contributed by atoms with Crippen molar-refractivity contribution in [2.75, 3.05) is 5.32 Å². The van der Waals surface area contributed by atoms with Gasteiger partial charge < -0.3 is 0 Å². The lowest BCUT2D eigenvalue weighted by Crippen LogP contribution is -2.11. The summed E-state index contributed by atoms with van der Waals surface area (Å²) in [6, 6.07) is 9.41. The van der Waals surface area contributed by atoms with Crippen LogP contribution >= 0.6 is 22.7 Å². The molecule has 0 unspecified atom stereocenters. The highest BCUT2D eigenvalue weighted by Gasteiger charge is 2.20. The number of hydrogen-bond donors (Lipinski definition) is 1. The molecule has 2 aromatic heterocycles. The van der Waals surface area contributed by atoms with Crippen molar-refractivity contribution in [3.05, 3.63) is 56.9 Å². The van der Waals surface area contributed by atoms with E-state index in [0.717, 1.165) is 33.9 Å². The number of Topliss-reactive ketones (excluding diaryl/α,β-unsaturated/α-hetero) is 1. The molecule has 1 aliphatic rings. The number of nitrogens with zero attached hydrogens (tertiary/aromatic N) is 1. The number of hydrogen-bond acceptors (Lipinski definition) is 5. The number of carbonyl (C=O) groups is 2. The SMILES string of the molecule is CC(=O)c1ccccc1-c1cc(C(=O)Nc2nc3c(s2)CCCC3)c(C)s1. The molecule has 0 saturated heterocycles. The first-order valence-electron chi connectivity index (χ1n) is 9.03. The Balaban J connectivity index is 1.61. The van der Waals surface area contributed by atoms with Gasteiger partial charge in [0.2, 0.25) is 0 Å². The lowest BCUT2D eigenvalue weighted by atomic mass is 10.0. The molecule has 0 fully saturated rings. The van der Waals surface area contributed by atoms with Gasteiger partial charge in [0.25, 0.3) is 5.91 Å². The first kappa shape index (κ1) is 18.1. The number of anilines is 1. The van der Waals surface area contributed by atoms with Gasteiger partial charge in [-0.3, -0.25) is 14.9 Å². The van der Waals surface area contributed by atoms with Gasteiger partial charge >= 0.3 is 0 Å². The normalized spacial score (nSPS) is 13.3. The summed E-state index contributed by atoms with van der Waals surface area (Å²) < 4.78 is 0. The molecule has 1 aromatic carbocycles. The molecule has 6 heteroatoms. The van der Waals surface area contributed by atoms with Crippen LogP contribution < -0.4 is 5.32 Å². The third kappa shape index (κ3) is 3.59. The van der Waals surface area contributed by atoms with Crippen LogP contribution in [0.2, 0.25) is 0 Å². The van der Waals surface area contributed by atoms with Gasteiger partial charge in [-0.15, -0.1) is 22.7 Å². The number of carbonyl (C=O) groups excluding carboxylic acids is 2. The van der Waals surface area contributed by atoms with Gasteiger partial charge in [-0.2, -0.15) is 0 Å². The first-order chi connectivity index (χ1) is 13.0. The zero-order valence-electron chi connectivity index (χ0n) is 15.3. The van der Waals surface area contributed by atoms with Crippen LogP contribution in [0.15, 0.2) is 30.3 Å². The summed E-state index contributed by atoms with van der Waals surface area (Å²) in [7, 11) is 0. The molecule has 0 atom stereocenters. The lowest BCUT2D eigenvalue weighted by Gasteiger charge is -2.06. The first-order valence-corrected chi connectivity index (χ1v) is 10.7. The predicted octanol–water partition coefficient (Wildman–Crippen LogP) is 5.51. The van der Waals surface area contributed by atoms with Gasteiger partial charge in [-0.05, 0) is 45.6 Å². The topological polar surface area (TPSA) is 59.1 Å². The third-order valence-corrected chi connectivity index (χ3v) is 6.96. The molecule has 0 bridgehead atoms. The number of amides is 1. The van der Waals surface area contributed by atoms with Gasteiger partial charge in [0.1, 0.15) is 0 Å². The van der Waals surface area contributed by atoms with E-state index in [-0.39, 0.29) is 11.7 Å². The van der Waals surface area contributed by atoms with E-state index in [4.69, 9.17) is 0 Å². The quantitative estimate of drug-likeness (QED) is 0.591. The molecule has 27 heavy (non-hydrogen) atoms. The van der Waals surface area contributed by atoms with Crippen molar-refractivity contribution in [2.24, 2.45) is 0 Å². The molecule has 2 heterocycles. The molecule has 1 amide bonds. The van der Waals surface area contributed by atoms with E-state index in [9.17, 15) is 9.59 Å². The molecule has 3 aromatic rings. The Morgan fingerprint density at radius 3 is 2.63 bits per heavy atom. The molecule has 1 N–H and O–H groups in total. The molecule has 0 aliphatic heterocycles. The average Bonchev–Trinajstić information content (AvgIpc) is 3.24. The number of thiazole rings is 1. The fraction of sp³-hybridized carbons (Fsp3) is 0.286. The maximum atomic E-state index is 12.8. The number of benzene rings is 1. The van der Waals surface area contributed by atoms with Crippen LogP contribution in [0.4, 0.5) is 5.13 Å². The number of ketones is 1. The Labute approximate surface area is 166 Å². The maximum Gasteiger partial charge on any atom is 0.258 e. The molecule has 0 saturated carbocycles. The minimum Gasteiger partial charge on any atom is -0.298 e. The van der Waals surface area contributed by atoms with E-state index >= 15 is 0 Å². The monoisotopic (exact) mass is 396 g/mol. The Morgan fingerprint density at radius 2 is 1.85 bits per heavy atom. The van der Waals surface area contributed by atoms with Gasteiger partial charge in [-0.25, -0.2) is 4.98 Å². The summed E-state index contributed by atoms with van der Waals surface area (Å²) in [6.45, 7) is 3.50. The van der Waals surface area contributed by atoms with Crippen LogP contribution in [0.5, 0.6) is 0 Å². The third-order valence-electron chi connectivity index (χ3n) is 4.80. The fourth-order valence-electron chi connectivity index (χ4n) is 3.42. The molecule has 0 spiro atoms. The second-order valence-corrected chi connectivity index (χ2v) is 9.07. The lowest BCUT2D eigenvalue weighted by molar-refractivity contribution is 0.101. The molecular weight excluding hydrogens is 376 g/mol. The minimum atomic E-state index is -0.138. The van der Waals surface area contributed by atoms with Crippen molar-refractivity contribution >= 4 is 39.5 Å². The molecular formula is C21H20N2O2S2. The van der Waals surface area contributed by atoms with Gasteiger partial charge in [0, 0.05) is 25.8 Å². The van der Waals surface area contributed by atoms with Crippen LogP contribution in [0, 0.1) is 6.92 Å². The Morgan fingerprint density at radius 1 is 1.07 bits per heavy atom. The van der Waals surface area contributed by atoms with Crippen molar-refractivity contribution in [1.82, 2.24) is 4.98 Å². The molecule has 4 rings (SSSR count). The van der Waals surface area contributed by atoms with Crippen LogP contribution in [0.25, 0.3) is 10.4 Å². The van der Waals surface area contributed by atoms with E-state index in [1.165, 1.54) is 29.1 Å². The largest absolute Gasteiger partial charge is 0.298 e. The number of nitrogens with one attached hydrogen (secondary N) is 1. The Bertz CT molecular complexity index is 1010. The van der Waals surface area contributed by atoms with Crippen LogP contribution in [-0.2, 0) is 12.8 Å². The summed E-state index contributed by atoms with van der Waals surface area (Å²) in [5.74, 6) is -0.113. The standard InChI is InChI=1S/C21H20N2O2S2/c1-12(24)14-7-3-4-8-15(14)19-11-16(13(2)26-19)20(25)23-21-22-17-9-5-6-10-18(17)27-21/h3-4,7-8,11H,5-6,9-10H2,1-2H3,(H,22,23,25). The Hall–Kier alpha value is -2.31. The van der Waals surface area contributed by atoms with Crippen molar-refractivity contribution in [3.8, 4) is 10.4 Å². The fourth-order valence-corrected chi connectivity index (χ4v) is 5.52. The van der Waals surface area contributed by atoms with Crippen LogP contribution in [0.3, 0.4) is 0 Å². The number of rotatable bonds is 4. The second-order valence-electron chi connectivity index (χ2n) is 6.73. The highest BCUT2D eigenvalue weighted by atomic mass is 32.1. The molecule has 4 nitrogen and oxygen atoms in total. The van der Waals surface area contributed by atoms with Crippen molar-refractivity contribution in [3.63, 3.8) is 0 Å². The summed E-state index contributed by atoms with van der Waals surface area (Å²) >= 11 is 3.12. The van der Waals surface area contributed by atoms with Gasteiger partial charge in [0.15, 0.2) is 10.9 Å². The van der Waals surface area contributed by atoms with E-state index in [0.29, 0.717) is 16.3 Å². The minimum absolute atomic E-state index is 0.0241. The number of aromatic nitrogens is 1. The van der Waals surface area contributed by atoms with Gasteiger partial charge in [0.05, 0.1) is 11.3 Å². The van der Waals surface area contributed by atoms with Crippen LogP contribution in [0.1, 0.15) is 55.9 Å². The van der Waals surface area contributed by atoms with E-state index in [1.54, 1.807) is 18.3 Å². The number of fused-ring (bicyclic) bond motifs is 1. The summed E-state index contributed by atoms with van der Waals surface area (Å²) in [5.41, 5.74) is 3.33. The summed E-state index contributed by atoms with van der Waals surface area (Å²) in [6.07, 6.45) is 4.44. The number of aryl methyl sites for hydroxylation is 3. The smallest absolute Gasteiger partial charge is 0.258 e. The number of thiophene rings is 1. The molecule has 138 valence electrons. The summed E-state index contributed by atoms with van der Waals surface area (Å²) in [4.78, 5) is 32.5. The molecule has 1 aliphatic carbocycles. The van der Waals surface area contributed by atoms with Crippen molar-refractivity contribution in [2.45, 2.75) is 39.5 Å². The highest BCUT2D eigenvalue weighted by molar-refractivity contribution is 7.16. The zero-order chi connectivity index (χ0) is 19.0. The highest BCUT2D eigenvalue weighted by Crippen LogP contribution is 2.35. The van der Waals surface area contributed by atoms with E-state index in [1.807, 2.05) is 37.3 Å². The van der Waals surface area contributed by atoms with Crippen molar-refractivity contribution < 1.29 is 9.59 Å². The second kappa shape index (κ2) is 7.37. The van der Waals surface area contributed by atoms with E-state index < -0.39 is 0 Å². The Kier molecular flexibility index (Phi) is 4.93. The van der Waals surface area contributed by atoms with Crippen molar-refractivity contribution in [1.29, 1.82) is 0 Å². The average molecular weight is 397 g/mol. The van der Waals surface area contributed by atoms with Crippen LogP contribution in [-0.4, -0.2) is 16.7 Å². The maximum absolute atomic E-state index is 12.8. The predicted molar refractivity (Wildman–Crippen MR) is 111 cm³/mol. The summed E-state index contributed by atoms with van der Waals surface area (Å²) in [5, 5.41) is 3.65. The van der Waals surface area contributed by atoms with E-state index in [2.05, 4.69) is 10.3 Å². The zero-order valence-corrected chi connectivity index (χ0v) is 16.9. The van der Waals surface area contributed by atoms with Gasteiger partial charge in [-0.1, -0.05) is 24.3 Å².